The molecular weight excluding hydrogens is 288 g/mol. The fraction of sp³-hybridized carbons (Fsp3) is 0.333. The van der Waals surface area contributed by atoms with Gasteiger partial charge in [-0.25, -0.2) is 0 Å². The van der Waals surface area contributed by atoms with Crippen LogP contribution in [0.3, 0.4) is 0 Å². The second-order valence-electron chi connectivity index (χ2n) is 7.65. The normalized spacial score (nSPS) is 12.3. The first kappa shape index (κ1) is 16.1. The number of benzene rings is 2. The Morgan fingerprint density at radius 3 is 1.05 bits per heavy atom. The highest BCUT2D eigenvalue weighted by atomic mass is 28.3. The van der Waals surface area contributed by atoms with Gasteiger partial charge in [-0.05, 0) is 24.3 Å². The van der Waals surface area contributed by atoms with Crippen LogP contribution in [0, 0.1) is 0 Å². The van der Waals surface area contributed by atoms with Crippen molar-refractivity contribution in [3.63, 3.8) is 0 Å². The lowest BCUT2D eigenvalue weighted by Gasteiger charge is -2.18. The Kier molecular flexibility index (Phi) is 4.44. The molecule has 0 spiro atoms. The van der Waals surface area contributed by atoms with Crippen molar-refractivity contribution in [1.82, 2.24) is 0 Å². The minimum atomic E-state index is -1.23. The number of hydrogen-bond donors (Lipinski definition) is 0. The van der Waals surface area contributed by atoms with Crippen LogP contribution in [0.5, 0.6) is 11.5 Å². The van der Waals surface area contributed by atoms with Gasteiger partial charge in [-0.3, -0.25) is 0 Å². The van der Waals surface area contributed by atoms with E-state index < -0.39 is 16.1 Å². The van der Waals surface area contributed by atoms with Crippen LogP contribution in [0.4, 0.5) is 0 Å². The fourth-order valence-corrected chi connectivity index (χ4v) is 4.52. The molecule has 0 amide bonds. The topological polar surface area (TPSA) is 9.23 Å². The van der Waals surface area contributed by atoms with Gasteiger partial charge < -0.3 is 4.74 Å². The van der Waals surface area contributed by atoms with Gasteiger partial charge in [0.1, 0.15) is 11.5 Å². The number of rotatable bonds is 4. The maximum atomic E-state index is 5.94. The molecule has 2 aromatic carbocycles. The van der Waals surface area contributed by atoms with Gasteiger partial charge in [0, 0.05) is 0 Å². The maximum absolute atomic E-state index is 5.94. The number of ether oxygens (including phenoxy) is 1. The van der Waals surface area contributed by atoms with Crippen molar-refractivity contribution in [2.45, 2.75) is 39.3 Å². The molecule has 0 atom stereocenters. The van der Waals surface area contributed by atoms with Crippen molar-refractivity contribution in [1.29, 1.82) is 0 Å². The van der Waals surface area contributed by atoms with Gasteiger partial charge in [0.05, 0.1) is 16.1 Å². The van der Waals surface area contributed by atoms with E-state index in [2.05, 4.69) is 87.8 Å². The lowest BCUT2D eigenvalue weighted by molar-refractivity contribution is 0.483. The molecule has 112 valence electrons. The molecule has 2 aromatic rings. The molecule has 0 aliphatic carbocycles. The monoisotopic (exact) mass is 314 g/mol. The van der Waals surface area contributed by atoms with E-state index in [9.17, 15) is 0 Å². The molecule has 0 N–H and O–H groups in total. The Morgan fingerprint density at radius 1 is 0.524 bits per heavy atom. The second-order valence-corrected chi connectivity index (χ2v) is 17.8. The SMILES string of the molecule is C[Si](C)(C)c1ccc(Oc2ccc([Si](C)(C)C)cc2)cc1. The van der Waals surface area contributed by atoms with Crippen molar-refractivity contribution < 1.29 is 4.74 Å². The van der Waals surface area contributed by atoms with Gasteiger partial charge in [-0.1, -0.05) is 73.9 Å². The van der Waals surface area contributed by atoms with Crippen molar-refractivity contribution in [2.24, 2.45) is 0 Å². The highest BCUT2D eigenvalue weighted by molar-refractivity contribution is 6.89. The molecule has 0 bridgehead atoms. The van der Waals surface area contributed by atoms with Crippen LogP contribution in [-0.4, -0.2) is 16.1 Å². The third kappa shape index (κ3) is 4.32. The van der Waals surface area contributed by atoms with Crippen LogP contribution in [0.2, 0.25) is 39.3 Å². The standard InChI is InChI=1S/C18H26OSi2/c1-20(2,3)17-11-7-15(8-12-17)19-16-9-13-18(14-10-16)21(4,5)6/h7-14H,1-6H3. The molecule has 0 aliphatic heterocycles. The summed E-state index contributed by atoms with van der Waals surface area (Å²) in [5.74, 6) is 1.83. The molecule has 0 fully saturated rings. The lowest BCUT2D eigenvalue weighted by atomic mass is 10.3. The smallest absolute Gasteiger partial charge is 0.127 e. The van der Waals surface area contributed by atoms with Gasteiger partial charge >= 0.3 is 0 Å². The van der Waals surface area contributed by atoms with Crippen LogP contribution in [-0.2, 0) is 0 Å². The largest absolute Gasteiger partial charge is 0.457 e. The van der Waals surface area contributed by atoms with E-state index in [0.717, 1.165) is 11.5 Å². The molecular formula is C18H26OSi2. The quantitative estimate of drug-likeness (QED) is 0.751. The molecule has 1 nitrogen and oxygen atoms in total. The van der Waals surface area contributed by atoms with E-state index in [4.69, 9.17) is 4.74 Å². The van der Waals surface area contributed by atoms with Crippen LogP contribution in [0.15, 0.2) is 48.5 Å². The van der Waals surface area contributed by atoms with Crippen LogP contribution < -0.4 is 15.1 Å². The van der Waals surface area contributed by atoms with E-state index in [1.807, 2.05) is 0 Å². The summed E-state index contributed by atoms with van der Waals surface area (Å²) in [4.78, 5) is 0. The summed E-state index contributed by atoms with van der Waals surface area (Å²) >= 11 is 0. The van der Waals surface area contributed by atoms with Gasteiger partial charge in [-0.15, -0.1) is 0 Å². The van der Waals surface area contributed by atoms with Crippen molar-refractivity contribution in [3.8, 4) is 11.5 Å². The average Bonchev–Trinajstić information content (AvgIpc) is 2.38. The third-order valence-electron chi connectivity index (χ3n) is 3.68. The zero-order chi connectivity index (χ0) is 15.7. The van der Waals surface area contributed by atoms with Gasteiger partial charge in [0.25, 0.3) is 0 Å². The molecule has 21 heavy (non-hydrogen) atoms. The molecule has 2 rings (SSSR count). The van der Waals surface area contributed by atoms with E-state index in [-0.39, 0.29) is 0 Å². The predicted molar refractivity (Wildman–Crippen MR) is 98.9 cm³/mol. The average molecular weight is 315 g/mol. The molecule has 0 aromatic heterocycles. The van der Waals surface area contributed by atoms with E-state index in [1.165, 1.54) is 10.4 Å². The van der Waals surface area contributed by atoms with E-state index >= 15 is 0 Å². The molecule has 0 unspecified atom stereocenters. The summed E-state index contributed by atoms with van der Waals surface area (Å²) < 4.78 is 5.94. The first-order valence-corrected chi connectivity index (χ1v) is 14.6. The minimum absolute atomic E-state index is 0.915. The first-order valence-electron chi connectivity index (χ1n) is 7.55. The first-order chi connectivity index (χ1) is 9.66. The van der Waals surface area contributed by atoms with E-state index in [0.29, 0.717) is 0 Å². The zero-order valence-corrected chi connectivity index (χ0v) is 16.0. The van der Waals surface area contributed by atoms with E-state index in [1.54, 1.807) is 0 Å². The van der Waals surface area contributed by atoms with Crippen molar-refractivity contribution in [2.75, 3.05) is 0 Å². The second kappa shape index (κ2) is 5.81. The van der Waals surface area contributed by atoms with Crippen molar-refractivity contribution >= 4 is 26.5 Å². The van der Waals surface area contributed by atoms with Gasteiger partial charge in [-0.2, -0.15) is 0 Å². The Morgan fingerprint density at radius 2 is 0.810 bits per heavy atom. The van der Waals surface area contributed by atoms with Crippen LogP contribution in [0.25, 0.3) is 0 Å². The molecule has 0 heterocycles. The summed E-state index contributed by atoms with van der Waals surface area (Å²) in [5, 5.41) is 2.92. The third-order valence-corrected chi connectivity index (χ3v) is 7.81. The summed E-state index contributed by atoms with van der Waals surface area (Å²) in [6.45, 7) is 14.2. The highest BCUT2D eigenvalue weighted by Gasteiger charge is 2.17. The van der Waals surface area contributed by atoms with Crippen LogP contribution >= 0.6 is 0 Å². The summed E-state index contributed by atoms with van der Waals surface area (Å²) in [6.07, 6.45) is 0. The predicted octanol–water partition coefficient (Wildman–Crippen LogP) is 4.57. The Hall–Kier alpha value is -1.33. The Bertz CT molecular complexity index is 532. The summed E-state index contributed by atoms with van der Waals surface area (Å²) in [5.41, 5.74) is 0. The molecule has 0 saturated heterocycles. The summed E-state index contributed by atoms with van der Waals surface area (Å²) in [7, 11) is -2.46. The van der Waals surface area contributed by atoms with Gasteiger partial charge in [0.15, 0.2) is 0 Å². The molecule has 0 saturated carbocycles. The fourth-order valence-electron chi connectivity index (χ4n) is 2.18. The number of hydrogen-bond acceptors (Lipinski definition) is 1. The zero-order valence-electron chi connectivity index (χ0n) is 14.0. The Balaban J connectivity index is 2.12. The molecule has 3 heteroatoms. The minimum Gasteiger partial charge on any atom is -0.457 e. The molecule has 0 aliphatic rings. The van der Waals surface area contributed by atoms with Crippen LogP contribution in [0.1, 0.15) is 0 Å². The maximum Gasteiger partial charge on any atom is 0.127 e. The highest BCUT2D eigenvalue weighted by Crippen LogP contribution is 2.20. The summed E-state index contributed by atoms with van der Waals surface area (Å²) in [6, 6.07) is 17.2. The Labute approximate surface area is 131 Å². The lowest BCUT2D eigenvalue weighted by Crippen LogP contribution is -2.37. The molecule has 0 radical (unpaired) electrons. The van der Waals surface area contributed by atoms with Gasteiger partial charge in [0.2, 0.25) is 0 Å². The van der Waals surface area contributed by atoms with Crippen molar-refractivity contribution in [3.05, 3.63) is 48.5 Å².